The predicted octanol–water partition coefficient (Wildman–Crippen LogP) is 2.10. The fourth-order valence-corrected chi connectivity index (χ4v) is 3.12. The second-order valence-electron chi connectivity index (χ2n) is 6.44. The molecule has 1 saturated heterocycles. The van der Waals surface area contributed by atoms with Crippen molar-refractivity contribution < 1.29 is 9.21 Å². The minimum Gasteiger partial charge on any atom is -0.454 e. The lowest BCUT2D eigenvalue weighted by Gasteiger charge is -2.26. The van der Waals surface area contributed by atoms with Gasteiger partial charge in [0.15, 0.2) is 5.76 Å². The van der Waals surface area contributed by atoms with E-state index in [1.807, 2.05) is 0 Å². The molecular formula is C19H25N3O3. The SMILES string of the molecule is O=C(NCCCN1CCCCC1)c1ccc(Cn2ccccc2=O)o1. The highest BCUT2D eigenvalue weighted by Gasteiger charge is 2.12. The van der Waals surface area contributed by atoms with Gasteiger partial charge in [0.05, 0.1) is 6.54 Å². The van der Waals surface area contributed by atoms with Crippen LogP contribution in [0.4, 0.5) is 0 Å². The fourth-order valence-electron chi connectivity index (χ4n) is 3.12. The lowest BCUT2D eigenvalue weighted by molar-refractivity contribution is 0.0921. The van der Waals surface area contributed by atoms with Crippen LogP contribution in [0.25, 0.3) is 0 Å². The van der Waals surface area contributed by atoms with Gasteiger partial charge in [-0.2, -0.15) is 0 Å². The van der Waals surface area contributed by atoms with E-state index in [-0.39, 0.29) is 17.2 Å². The van der Waals surface area contributed by atoms with Crippen LogP contribution >= 0.6 is 0 Å². The van der Waals surface area contributed by atoms with Crippen LogP contribution in [-0.2, 0) is 6.54 Å². The predicted molar refractivity (Wildman–Crippen MR) is 95.8 cm³/mol. The van der Waals surface area contributed by atoms with Crippen molar-refractivity contribution in [3.8, 4) is 0 Å². The van der Waals surface area contributed by atoms with Crippen molar-refractivity contribution in [3.63, 3.8) is 0 Å². The summed E-state index contributed by atoms with van der Waals surface area (Å²) in [5.74, 6) is 0.675. The van der Waals surface area contributed by atoms with Gasteiger partial charge in [0, 0.05) is 18.8 Å². The van der Waals surface area contributed by atoms with Crippen molar-refractivity contribution in [2.24, 2.45) is 0 Å². The molecule has 1 aliphatic heterocycles. The minimum atomic E-state index is -0.203. The number of nitrogens with one attached hydrogen (secondary N) is 1. The summed E-state index contributed by atoms with van der Waals surface area (Å²) >= 11 is 0. The number of hydrogen-bond donors (Lipinski definition) is 1. The summed E-state index contributed by atoms with van der Waals surface area (Å²) in [7, 11) is 0. The molecule has 1 amide bonds. The number of rotatable bonds is 7. The average Bonchev–Trinajstić information content (AvgIpc) is 3.10. The average molecular weight is 343 g/mol. The van der Waals surface area contributed by atoms with Crippen LogP contribution in [0, 0.1) is 0 Å². The zero-order chi connectivity index (χ0) is 17.5. The van der Waals surface area contributed by atoms with E-state index >= 15 is 0 Å². The molecule has 0 unspecified atom stereocenters. The van der Waals surface area contributed by atoms with Crippen LogP contribution in [0.3, 0.4) is 0 Å². The van der Waals surface area contributed by atoms with Gasteiger partial charge >= 0.3 is 0 Å². The Hall–Kier alpha value is -2.34. The number of nitrogens with zero attached hydrogens (tertiary/aromatic N) is 2. The highest BCUT2D eigenvalue weighted by atomic mass is 16.4. The molecule has 0 saturated carbocycles. The molecule has 2 aromatic rings. The number of aromatic nitrogens is 1. The molecule has 0 bridgehead atoms. The second-order valence-corrected chi connectivity index (χ2v) is 6.44. The number of carbonyl (C=O) groups is 1. The Morgan fingerprint density at radius 1 is 1.12 bits per heavy atom. The monoisotopic (exact) mass is 343 g/mol. The molecule has 134 valence electrons. The molecule has 1 aliphatic rings. The molecule has 25 heavy (non-hydrogen) atoms. The van der Waals surface area contributed by atoms with Crippen LogP contribution in [0.2, 0.25) is 0 Å². The quantitative estimate of drug-likeness (QED) is 0.782. The topological polar surface area (TPSA) is 67.5 Å². The maximum absolute atomic E-state index is 12.1. The summed E-state index contributed by atoms with van der Waals surface area (Å²) in [6, 6.07) is 8.38. The van der Waals surface area contributed by atoms with Crippen molar-refractivity contribution in [1.29, 1.82) is 0 Å². The molecule has 6 heteroatoms. The molecule has 0 radical (unpaired) electrons. The number of carbonyl (C=O) groups excluding carboxylic acids is 1. The zero-order valence-electron chi connectivity index (χ0n) is 14.4. The van der Waals surface area contributed by atoms with E-state index in [2.05, 4.69) is 10.2 Å². The van der Waals surface area contributed by atoms with Gasteiger partial charge in [-0.15, -0.1) is 0 Å². The molecule has 2 aromatic heterocycles. The molecule has 1 fully saturated rings. The number of pyridine rings is 1. The zero-order valence-corrected chi connectivity index (χ0v) is 14.4. The first-order valence-electron chi connectivity index (χ1n) is 8.97. The van der Waals surface area contributed by atoms with Crippen molar-refractivity contribution in [2.75, 3.05) is 26.2 Å². The summed E-state index contributed by atoms with van der Waals surface area (Å²) in [5, 5.41) is 2.90. The van der Waals surface area contributed by atoms with Crippen LogP contribution in [0.15, 0.2) is 45.7 Å². The summed E-state index contributed by atoms with van der Waals surface area (Å²) in [6.45, 7) is 4.34. The number of piperidine rings is 1. The fraction of sp³-hybridized carbons (Fsp3) is 0.474. The lowest BCUT2D eigenvalue weighted by atomic mass is 10.1. The Morgan fingerprint density at radius 2 is 1.96 bits per heavy atom. The van der Waals surface area contributed by atoms with Crippen molar-refractivity contribution >= 4 is 5.91 Å². The molecular weight excluding hydrogens is 318 g/mol. The number of furan rings is 1. The standard InChI is InChI=1S/C19H25N3O3/c23-18-7-2-5-14-22(18)15-16-8-9-17(25-16)19(24)20-10-6-13-21-11-3-1-4-12-21/h2,5,7-9,14H,1,3-4,6,10-13,15H2,(H,20,24). The van der Waals surface area contributed by atoms with Gasteiger partial charge in [-0.3, -0.25) is 9.59 Å². The molecule has 3 rings (SSSR count). The summed E-state index contributed by atoms with van der Waals surface area (Å²) < 4.78 is 7.11. The second kappa shape index (κ2) is 8.67. The highest BCUT2D eigenvalue weighted by molar-refractivity contribution is 5.91. The first kappa shape index (κ1) is 17.5. The van der Waals surface area contributed by atoms with Gasteiger partial charge in [-0.25, -0.2) is 0 Å². The van der Waals surface area contributed by atoms with Crippen LogP contribution in [0.5, 0.6) is 0 Å². The molecule has 1 N–H and O–H groups in total. The van der Waals surface area contributed by atoms with E-state index < -0.39 is 0 Å². The van der Waals surface area contributed by atoms with E-state index in [4.69, 9.17) is 4.42 Å². The third-order valence-corrected chi connectivity index (χ3v) is 4.50. The smallest absolute Gasteiger partial charge is 0.286 e. The largest absolute Gasteiger partial charge is 0.454 e. The van der Waals surface area contributed by atoms with Gasteiger partial charge in [-0.05, 0) is 57.1 Å². The van der Waals surface area contributed by atoms with E-state index in [1.54, 1.807) is 35.0 Å². The minimum absolute atomic E-state index is 0.0948. The summed E-state index contributed by atoms with van der Waals surface area (Å²) in [4.78, 5) is 26.3. The third-order valence-electron chi connectivity index (χ3n) is 4.50. The Labute approximate surface area is 147 Å². The van der Waals surface area contributed by atoms with Crippen molar-refractivity contribution in [2.45, 2.75) is 32.2 Å². The first-order valence-corrected chi connectivity index (χ1v) is 8.97. The molecule has 0 spiro atoms. The third kappa shape index (κ3) is 5.06. The van der Waals surface area contributed by atoms with E-state index in [0.717, 1.165) is 13.0 Å². The van der Waals surface area contributed by atoms with E-state index in [0.29, 0.717) is 18.8 Å². The first-order chi connectivity index (χ1) is 12.2. The molecule has 0 aromatic carbocycles. The normalized spacial score (nSPS) is 15.2. The molecule has 0 aliphatic carbocycles. The Kier molecular flexibility index (Phi) is 6.06. The maximum Gasteiger partial charge on any atom is 0.286 e. The van der Waals surface area contributed by atoms with Crippen molar-refractivity contribution in [1.82, 2.24) is 14.8 Å². The van der Waals surface area contributed by atoms with Gasteiger partial charge in [0.2, 0.25) is 0 Å². The Morgan fingerprint density at radius 3 is 2.76 bits per heavy atom. The molecule has 6 nitrogen and oxygen atoms in total. The van der Waals surface area contributed by atoms with Crippen LogP contribution in [0.1, 0.15) is 42.0 Å². The Bertz CT molecular complexity index is 744. The number of amides is 1. The van der Waals surface area contributed by atoms with Gasteiger partial charge in [0.1, 0.15) is 5.76 Å². The molecule has 3 heterocycles. The van der Waals surface area contributed by atoms with Gasteiger partial charge in [-0.1, -0.05) is 12.5 Å². The Balaban J connectivity index is 1.44. The number of likely N-dealkylation sites (tertiary alicyclic amines) is 1. The van der Waals surface area contributed by atoms with Crippen LogP contribution in [-0.4, -0.2) is 41.6 Å². The van der Waals surface area contributed by atoms with Crippen LogP contribution < -0.4 is 10.9 Å². The van der Waals surface area contributed by atoms with Gasteiger partial charge in [0.25, 0.3) is 11.5 Å². The van der Waals surface area contributed by atoms with E-state index in [1.165, 1.54) is 38.4 Å². The van der Waals surface area contributed by atoms with E-state index in [9.17, 15) is 9.59 Å². The van der Waals surface area contributed by atoms with Gasteiger partial charge < -0.3 is 19.2 Å². The lowest BCUT2D eigenvalue weighted by Crippen LogP contribution is -2.33. The van der Waals surface area contributed by atoms with Crippen molar-refractivity contribution in [3.05, 3.63) is 58.4 Å². The maximum atomic E-state index is 12.1. The summed E-state index contributed by atoms with van der Waals surface area (Å²) in [5.41, 5.74) is -0.0948. The summed E-state index contributed by atoms with van der Waals surface area (Å²) in [6.07, 6.45) is 6.55. The number of hydrogen-bond acceptors (Lipinski definition) is 4. The molecule has 0 atom stereocenters. The highest BCUT2D eigenvalue weighted by Crippen LogP contribution is 2.10.